The third kappa shape index (κ3) is 2.32. The Morgan fingerprint density at radius 3 is 2.83 bits per heavy atom. The van der Waals surface area contributed by atoms with Crippen molar-refractivity contribution in [2.75, 3.05) is 0 Å². The largest absolute Gasteiger partial charge is 0.389 e. The van der Waals surface area contributed by atoms with Crippen molar-refractivity contribution in [1.82, 2.24) is 14.8 Å². The van der Waals surface area contributed by atoms with E-state index in [9.17, 15) is 14.3 Å². The van der Waals surface area contributed by atoms with Crippen LogP contribution in [-0.2, 0) is 7.05 Å². The van der Waals surface area contributed by atoms with Gasteiger partial charge in [-0.2, -0.15) is 0 Å². The van der Waals surface area contributed by atoms with Crippen molar-refractivity contribution in [2.24, 2.45) is 7.05 Å². The predicted octanol–water partition coefficient (Wildman–Crippen LogP) is 1.45. The summed E-state index contributed by atoms with van der Waals surface area (Å²) in [6, 6.07) is 4.51. The zero-order valence-corrected chi connectivity index (χ0v) is 10.7. The van der Waals surface area contributed by atoms with Crippen LogP contribution in [0.3, 0.4) is 0 Å². The highest BCUT2D eigenvalue weighted by atomic mass is 32.2. The minimum Gasteiger partial charge on any atom is -0.389 e. The van der Waals surface area contributed by atoms with Gasteiger partial charge in [0.15, 0.2) is 5.16 Å². The second kappa shape index (κ2) is 4.95. The lowest BCUT2D eigenvalue weighted by molar-refractivity contribution is 0.191. The fourth-order valence-electron chi connectivity index (χ4n) is 1.53. The van der Waals surface area contributed by atoms with Gasteiger partial charge in [0.25, 0.3) is 0 Å². The van der Waals surface area contributed by atoms with Crippen LogP contribution in [0.5, 0.6) is 0 Å². The van der Waals surface area contributed by atoms with E-state index < -0.39 is 11.9 Å². The van der Waals surface area contributed by atoms with Gasteiger partial charge in [-0.3, -0.25) is 4.57 Å². The summed E-state index contributed by atoms with van der Waals surface area (Å²) in [6.07, 6.45) is -0.926. The van der Waals surface area contributed by atoms with Crippen LogP contribution in [0, 0.1) is 5.82 Å². The third-order valence-electron chi connectivity index (χ3n) is 2.47. The lowest BCUT2D eigenvalue weighted by Crippen LogP contribution is -2.12. The predicted molar refractivity (Wildman–Crippen MR) is 65.0 cm³/mol. The molecule has 0 bridgehead atoms. The van der Waals surface area contributed by atoms with Crippen molar-refractivity contribution >= 4 is 11.8 Å². The Morgan fingerprint density at radius 1 is 1.56 bits per heavy atom. The number of nitrogens with zero attached hydrogens (tertiary/aromatic N) is 2. The zero-order chi connectivity index (χ0) is 13.3. The molecule has 2 aromatic rings. The fourth-order valence-corrected chi connectivity index (χ4v) is 2.57. The molecule has 18 heavy (non-hydrogen) atoms. The van der Waals surface area contributed by atoms with Crippen LogP contribution in [0.2, 0.25) is 0 Å². The van der Waals surface area contributed by atoms with Crippen LogP contribution in [-0.4, -0.2) is 19.9 Å². The van der Waals surface area contributed by atoms with E-state index in [2.05, 4.69) is 10.2 Å². The zero-order valence-electron chi connectivity index (χ0n) is 9.85. The van der Waals surface area contributed by atoms with E-state index in [1.807, 2.05) is 0 Å². The van der Waals surface area contributed by atoms with Crippen molar-refractivity contribution in [1.29, 1.82) is 0 Å². The highest BCUT2D eigenvalue weighted by Crippen LogP contribution is 2.33. The molecule has 1 aromatic heterocycles. The number of hydrogen-bond donors (Lipinski definition) is 2. The first-order chi connectivity index (χ1) is 8.50. The topological polar surface area (TPSA) is 70.9 Å². The van der Waals surface area contributed by atoms with Crippen molar-refractivity contribution in [2.45, 2.75) is 23.1 Å². The highest BCUT2D eigenvalue weighted by Gasteiger charge is 2.16. The van der Waals surface area contributed by atoms with Gasteiger partial charge in [0.2, 0.25) is 0 Å². The van der Waals surface area contributed by atoms with Gasteiger partial charge in [-0.1, -0.05) is 6.07 Å². The summed E-state index contributed by atoms with van der Waals surface area (Å²) >= 11 is 1.12. The Balaban J connectivity index is 2.43. The molecule has 96 valence electrons. The summed E-state index contributed by atoms with van der Waals surface area (Å²) in [7, 11) is 1.56. The number of aromatic nitrogens is 3. The Labute approximate surface area is 107 Å². The summed E-state index contributed by atoms with van der Waals surface area (Å²) in [5.41, 5.74) is -0.134. The summed E-state index contributed by atoms with van der Waals surface area (Å²) < 4.78 is 15.0. The molecular formula is C11H12FN3O2S. The highest BCUT2D eigenvalue weighted by molar-refractivity contribution is 7.99. The number of rotatable bonds is 3. The van der Waals surface area contributed by atoms with Crippen LogP contribution in [0.4, 0.5) is 4.39 Å². The number of benzene rings is 1. The number of hydrogen-bond acceptors (Lipinski definition) is 4. The molecule has 0 saturated heterocycles. The summed E-state index contributed by atoms with van der Waals surface area (Å²) in [5, 5.41) is 16.1. The molecule has 2 rings (SSSR count). The molecule has 0 aliphatic heterocycles. The second-order valence-corrected chi connectivity index (χ2v) is 4.81. The van der Waals surface area contributed by atoms with Gasteiger partial charge < -0.3 is 5.11 Å². The first-order valence-electron chi connectivity index (χ1n) is 5.26. The van der Waals surface area contributed by atoms with Crippen LogP contribution < -0.4 is 5.69 Å². The number of nitrogens with one attached hydrogen (secondary N) is 1. The van der Waals surface area contributed by atoms with E-state index >= 15 is 0 Å². The van der Waals surface area contributed by atoms with Gasteiger partial charge in [-0.15, -0.1) is 5.10 Å². The molecule has 0 radical (unpaired) electrons. The van der Waals surface area contributed by atoms with Crippen LogP contribution >= 0.6 is 11.8 Å². The number of aliphatic hydroxyl groups excluding tert-OH is 1. The molecule has 0 aliphatic carbocycles. The molecule has 0 fully saturated rings. The summed E-state index contributed by atoms with van der Waals surface area (Å²) in [5.74, 6) is -0.476. The van der Waals surface area contributed by atoms with Crippen LogP contribution in [0.15, 0.2) is 33.0 Å². The van der Waals surface area contributed by atoms with Crippen molar-refractivity contribution in [3.63, 3.8) is 0 Å². The smallest absolute Gasteiger partial charge is 0.343 e. The Bertz CT molecular complexity index is 621. The molecule has 0 amide bonds. The molecule has 0 unspecified atom stereocenters. The standard InChI is InChI=1S/C11H12FN3O2S/c1-6(16)9-7(12)4-3-5-8(9)18-11-14-13-10(17)15(11)2/h3-6,16H,1-2H3,(H,13,17)/t6-/m1/s1. The fraction of sp³-hybridized carbons (Fsp3) is 0.273. The van der Waals surface area contributed by atoms with E-state index in [1.54, 1.807) is 19.2 Å². The molecule has 7 heteroatoms. The third-order valence-corrected chi connectivity index (χ3v) is 3.59. The van der Waals surface area contributed by atoms with Gasteiger partial charge in [-0.05, 0) is 30.8 Å². The van der Waals surface area contributed by atoms with Gasteiger partial charge in [-0.25, -0.2) is 14.3 Å². The van der Waals surface area contributed by atoms with Gasteiger partial charge in [0, 0.05) is 17.5 Å². The van der Waals surface area contributed by atoms with E-state index in [0.29, 0.717) is 10.1 Å². The lowest BCUT2D eigenvalue weighted by Gasteiger charge is -2.11. The van der Waals surface area contributed by atoms with Gasteiger partial charge >= 0.3 is 5.69 Å². The van der Waals surface area contributed by atoms with Crippen molar-refractivity contribution < 1.29 is 9.50 Å². The number of aromatic amines is 1. The minimum absolute atomic E-state index is 0.206. The Kier molecular flexibility index (Phi) is 3.53. The molecular weight excluding hydrogens is 257 g/mol. The van der Waals surface area contributed by atoms with Crippen LogP contribution in [0.1, 0.15) is 18.6 Å². The molecule has 5 nitrogen and oxygen atoms in total. The van der Waals surface area contributed by atoms with E-state index in [0.717, 1.165) is 11.8 Å². The summed E-state index contributed by atoms with van der Waals surface area (Å²) in [4.78, 5) is 11.8. The van der Waals surface area contributed by atoms with E-state index in [4.69, 9.17) is 0 Å². The Morgan fingerprint density at radius 2 is 2.28 bits per heavy atom. The van der Waals surface area contributed by atoms with Crippen molar-refractivity contribution in [3.05, 3.63) is 40.1 Å². The lowest BCUT2D eigenvalue weighted by atomic mass is 10.1. The van der Waals surface area contributed by atoms with E-state index in [1.165, 1.54) is 17.6 Å². The number of H-pyrrole nitrogens is 1. The number of aliphatic hydroxyl groups is 1. The van der Waals surface area contributed by atoms with Gasteiger partial charge in [0.05, 0.1) is 6.10 Å². The first kappa shape index (κ1) is 12.8. The molecule has 0 spiro atoms. The molecule has 0 saturated carbocycles. The van der Waals surface area contributed by atoms with Crippen molar-refractivity contribution in [3.8, 4) is 0 Å². The van der Waals surface area contributed by atoms with Crippen LogP contribution in [0.25, 0.3) is 0 Å². The second-order valence-electron chi connectivity index (χ2n) is 3.80. The molecule has 2 N–H and O–H groups in total. The summed E-state index contributed by atoms with van der Waals surface area (Å²) in [6.45, 7) is 1.49. The molecule has 0 aliphatic rings. The normalized spacial score (nSPS) is 12.7. The maximum absolute atomic E-state index is 13.6. The average molecular weight is 269 g/mol. The maximum atomic E-state index is 13.6. The molecule has 1 atom stereocenters. The minimum atomic E-state index is -0.926. The monoisotopic (exact) mass is 269 g/mol. The van der Waals surface area contributed by atoms with Gasteiger partial charge in [0.1, 0.15) is 5.82 Å². The molecule has 1 aromatic carbocycles. The first-order valence-corrected chi connectivity index (χ1v) is 6.08. The number of halogens is 1. The molecule has 1 heterocycles. The average Bonchev–Trinajstić information content (AvgIpc) is 2.60. The SMILES string of the molecule is C[C@@H](O)c1c(F)cccc1Sc1n[nH]c(=O)n1C. The Hall–Kier alpha value is -1.60. The maximum Gasteiger partial charge on any atom is 0.343 e. The quantitative estimate of drug-likeness (QED) is 0.884. The van der Waals surface area contributed by atoms with E-state index in [-0.39, 0.29) is 11.3 Å².